The number of halogens is 1. The molecule has 0 radical (unpaired) electrons. The van der Waals surface area contributed by atoms with E-state index in [1.165, 1.54) is 12.1 Å². The number of carbonyl (C=O) groups is 1. The lowest BCUT2D eigenvalue weighted by Crippen LogP contribution is -2.26. The van der Waals surface area contributed by atoms with Crippen molar-refractivity contribution in [1.29, 1.82) is 0 Å². The van der Waals surface area contributed by atoms with Gasteiger partial charge < -0.3 is 9.84 Å². The van der Waals surface area contributed by atoms with Crippen LogP contribution < -0.4 is 5.32 Å². The van der Waals surface area contributed by atoms with Gasteiger partial charge in [-0.15, -0.1) is 0 Å². The summed E-state index contributed by atoms with van der Waals surface area (Å²) < 4.78 is 20.2. The number of nitrogens with zero attached hydrogens (tertiary/aromatic N) is 3. The molecule has 1 amide bonds. The molecule has 29 heavy (non-hydrogen) atoms. The van der Waals surface area contributed by atoms with Crippen LogP contribution in [0.25, 0.3) is 5.69 Å². The highest BCUT2D eigenvalue weighted by atomic mass is 19.1. The molecule has 0 bridgehead atoms. The SMILES string of the molecule is C[C@H](NC(=O)c1cc(Cc2cccc(F)c2)no1)c1cnn(-c2ccccc2)c1. The van der Waals surface area contributed by atoms with Gasteiger partial charge in [-0.25, -0.2) is 9.07 Å². The lowest BCUT2D eigenvalue weighted by Gasteiger charge is -2.10. The standard InChI is InChI=1S/C22H19FN4O2/c1-15(17-13-24-27(14-17)20-8-3-2-4-9-20)25-22(28)21-12-19(26-29-21)11-16-6-5-7-18(23)10-16/h2-10,12-15H,11H2,1H3,(H,25,28)/t15-/m0/s1. The predicted molar refractivity (Wildman–Crippen MR) is 105 cm³/mol. The fourth-order valence-corrected chi connectivity index (χ4v) is 2.99. The van der Waals surface area contributed by atoms with Gasteiger partial charge in [0.05, 0.1) is 23.6 Å². The van der Waals surface area contributed by atoms with Crippen LogP contribution in [-0.4, -0.2) is 20.8 Å². The van der Waals surface area contributed by atoms with Crippen LogP contribution in [0.4, 0.5) is 4.39 Å². The molecule has 0 aliphatic heterocycles. The van der Waals surface area contributed by atoms with E-state index in [0.29, 0.717) is 12.1 Å². The number of amides is 1. The van der Waals surface area contributed by atoms with E-state index in [1.807, 2.05) is 43.5 Å². The Labute approximate surface area is 167 Å². The molecule has 4 rings (SSSR count). The molecular weight excluding hydrogens is 371 g/mol. The number of nitrogens with one attached hydrogen (secondary N) is 1. The second kappa shape index (κ2) is 8.10. The van der Waals surface area contributed by atoms with Crippen LogP contribution in [0.1, 0.15) is 40.3 Å². The third-order valence-electron chi connectivity index (χ3n) is 4.53. The van der Waals surface area contributed by atoms with Gasteiger partial charge in [0.1, 0.15) is 5.82 Å². The Morgan fingerprint density at radius 2 is 2.00 bits per heavy atom. The van der Waals surface area contributed by atoms with Crippen LogP contribution in [0, 0.1) is 5.82 Å². The summed E-state index contributed by atoms with van der Waals surface area (Å²) in [4.78, 5) is 12.5. The highest BCUT2D eigenvalue weighted by Gasteiger charge is 2.18. The van der Waals surface area contributed by atoms with Crippen LogP contribution in [0.2, 0.25) is 0 Å². The van der Waals surface area contributed by atoms with Crippen molar-refractivity contribution < 1.29 is 13.7 Å². The largest absolute Gasteiger partial charge is 0.351 e. The number of rotatable bonds is 6. The summed E-state index contributed by atoms with van der Waals surface area (Å²) in [5.74, 6) is -0.574. The van der Waals surface area contributed by atoms with E-state index in [-0.39, 0.29) is 23.5 Å². The van der Waals surface area contributed by atoms with Crippen molar-refractivity contribution in [2.45, 2.75) is 19.4 Å². The predicted octanol–water partition coefficient (Wildman–Crippen LogP) is 4.08. The minimum atomic E-state index is -0.372. The number of para-hydroxylation sites is 1. The van der Waals surface area contributed by atoms with Crippen molar-refractivity contribution in [1.82, 2.24) is 20.3 Å². The molecule has 2 aromatic heterocycles. The summed E-state index contributed by atoms with van der Waals surface area (Å²) in [6, 6.07) is 17.3. The van der Waals surface area contributed by atoms with Crippen LogP contribution >= 0.6 is 0 Å². The second-order valence-corrected chi connectivity index (χ2v) is 6.74. The highest BCUT2D eigenvalue weighted by Crippen LogP contribution is 2.16. The Bertz CT molecular complexity index is 1120. The molecule has 0 unspecified atom stereocenters. The normalized spacial score (nSPS) is 11.9. The Hall–Kier alpha value is -3.74. The molecule has 0 saturated heterocycles. The summed E-state index contributed by atoms with van der Waals surface area (Å²) in [5.41, 5.74) is 3.12. The Morgan fingerprint density at radius 3 is 2.79 bits per heavy atom. The first-order valence-electron chi connectivity index (χ1n) is 9.19. The fraction of sp³-hybridized carbons (Fsp3) is 0.136. The van der Waals surface area contributed by atoms with Gasteiger partial charge >= 0.3 is 0 Å². The molecule has 4 aromatic rings. The fourth-order valence-electron chi connectivity index (χ4n) is 2.99. The number of hydrogen-bond acceptors (Lipinski definition) is 4. The zero-order chi connectivity index (χ0) is 20.2. The second-order valence-electron chi connectivity index (χ2n) is 6.74. The van der Waals surface area contributed by atoms with E-state index < -0.39 is 0 Å². The van der Waals surface area contributed by atoms with E-state index in [0.717, 1.165) is 16.8 Å². The maximum Gasteiger partial charge on any atom is 0.290 e. The Kier molecular flexibility index (Phi) is 5.20. The number of aromatic nitrogens is 3. The minimum absolute atomic E-state index is 0.110. The van der Waals surface area contributed by atoms with Crippen molar-refractivity contribution in [3.63, 3.8) is 0 Å². The van der Waals surface area contributed by atoms with Crippen molar-refractivity contribution >= 4 is 5.91 Å². The van der Waals surface area contributed by atoms with Crippen molar-refractivity contribution in [3.05, 3.63) is 101 Å². The average Bonchev–Trinajstić information content (AvgIpc) is 3.39. The lowest BCUT2D eigenvalue weighted by molar-refractivity contribution is 0.0902. The van der Waals surface area contributed by atoms with Gasteiger partial charge in [-0.1, -0.05) is 35.5 Å². The molecule has 0 aliphatic rings. The third kappa shape index (κ3) is 4.40. The van der Waals surface area contributed by atoms with E-state index >= 15 is 0 Å². The van der Waals surface area contributed by atoms with Crippen LogP contribution in [0.5, 0.6) is 0 Å². The molecule has 0 spiro atoms. The van der Waals surface area contributed by atoms with E-state index in [4.69, 9.17) is 4.52 Å². The molecule has 7 heteroatoms. The van der Waals surface area contributed by atoms with E-state index in [2.05, 4.69) is 15.6 Å². The number of hydrogen-bond donors (Lipinski definition) is 1. The molecule has 146 valence electrons. The first-order chi connectivity index (χ1) is 14.1. The zero-order valence-electron chi connectivity index (χ0n) is 15.7. The summed E-state index contributed by atoms with van der Waals surface area (Å²) in [5, 5.41) is 11.1. The van der Waals surface area contributed by atoms with E-state index in [9.17, 15) is 9.18 Å². The molecule has 2 aromatic carbocycles. The molecular formula is C22H19FN4O2. The average molecular weight is 390 g/mol. The Morgan fingerprint density at radius 1 is 1.17 bits per heavy atom. The monoisotopic (exact) mass is 390 g/mol. The van der Waals surface area contributed by atoms with E-state index in [1.54, 1.807) is 29.1 Å². The van der Waals surface area contributed by atoms with Gasteiger partial charge in [-0.05, 0) is 36.8 Å². The van der Waals surface area contributed by atoms with Gasteiger partial charge in [0.15, 0.2) is 0 Å². The number of benzene rings is 2. The van der Waals surface area contributed by atoms with Gasteiger partial charge in [0.25, 0.3) is 5.91 Å². The maximum absolute atomic E-state index is 13.3. The summed E-state index contributed by atoms with van der Waals surface area (Å²) in [6.45, 7) is 1.87. The smallest absolute Gasteiger partial charge is 0.290 e. The topological polar surface area (TPSA) is 73.0 Å². The molecule has 1 N–H and O–H groups in total. The first kappa shape index (κ1) is 18.6. The third-order valence-corrected chi connectivity index (χ3v) is 4.53. The highest BCUT2D eigenvalue weighted by molar-refractivity contribution is 5.91. The van der Waals surface area contributed by atoms with Gasteiger partial charge in [-0.2, -0.15) is 5.10 Å². The van der Waals surface area contributed by atoms with Crippen LogP contribution in [-0.2, 0) is 6.42 Å². The van der Waals surface area contributed by atoms with Crippen LogP contribution in [0.3, 0.4) is 0 Å². The van der Waals surface area contributed by atoms with Crippen molar-refractivity contribution in [2.24, 2.45) is 0 Å². The molecule has 1 atom stereocenters. The van der Waals surface area contributed by atoms with Crippen molar-refractivity contribution in [2.75, 3.05) is 0 Å². The molecule has 6 nitrogen and oxygen atoms in total. The summed E-state index contributed by atoms with van der Waals surface area (Å²) in [6.07, 6.45) is 3.97. The molecule has 0 saturated carbocycles. The minimum Gasteiger partial charge on any atom is -0.351 e. The van der Waals surface area contributed by atoms with Gasteiger partial charge in [0.2, 0.25) is 5.76 Å². The molecule has 0 fully saturated rings. The van der Waals surface area contributed by atoms with Crippen LogP contribution in [0.15, 0.2) is 77.6 Å². The summed E-state index contributed by atoms with van der Waals surface area (Å²) in [7, 11) is 0. The summed E-state index contributed by atoms with van der Waals surface area (Å²) >= 11 is 0. The lowest BCUT2D eigenvalue weighted by atomic mass is 10.1. The number of carbonyl (C=O) groups excluding carboxylic acids is 1. The zero-order valence-corrected chi connectivity index (χ0v) is 15.7. The Balaban J connectivity index is 1.40. The maximum atomic E-state index is 13.3. The van der Waals surface area contributed by atoms with Gasteiger partial charge in [-0.3, -0.25) is 4.79 Å². The van der Waals surface area contributed by atoms with Crippen molar-refractivity contribution in [3.8, 4) is 5.69 Å². The first-order valence-corrected chi connectivity index (χ1v) is 9.19. The quantitative estimate of drug-likeness (QED) is 0.538. The molecule has 2 heterocycles. The van der Waals surface area contributed by atoms with Gasteiger partial charge in [0, 0.05) is 24.2 Å². The molecule has 0 aliphatic carbocycles.